The fraction of sp³-hybridized carbons (Fsp3) is 0.321. The summed E-state index contributed by atoms with van der Waals surface area (Å²) in [6.07, 6.45) is 23.6. The molecule has 2 fully saturated rings. The van der Waals surface area contributed by atoms with Gasteiger partial charge in [0.2, 0.25) is 0 Å². The van der Waals surface area contributed by atoms with E-state index in [2.05, 4.69) is 80.9 Å². The average Bonchev–Trinajstić information content (AvgIpc) is 4.20. The highest BCUT2D eigenvalue weighted by Gasteiger charge is 2.52. The van der Waals surface area contributed by atoms with Gasteiger partial charge in [-0.25, -0.2) is 9.97 Å². The van der Waals surface area contributed by atoms with E-state index in [1.807, 2.05) is 85.9 Å². The number of hydrogen-bond acceptors (Lipinski definition) is 10. The summed E-state index contributed by atoms with van der Waals surface area (Å²) >= 11 is 0. The number of aryl methyl sites for hydroxylation is 4. The van der Waals surface area contributed by atoms with Gasteiger partial charge in [-0.2, -0.15) is 10.2 Å². The summed E-state index contributed by atoms with van der Waals surface area (Å²) in [5, 5.41) is 8.65. The van der Waals surface area contributed by atoms with E-state index in [4.69, 9.17) is 20.9 Å². The third-order valence-corrected chi connectivity index (χ3v) is 15.0. The first-order valence-electron chi connectivity index (χ1n) is 23.8. The van der Waals surface area contributed by atoms with Gasteiger partial charge in [-0.1, -0.05) is 60.7 Å². The molecule has 4 aliphatic heterocycles. The smallest absolute Gasteiger partial charge is 0.163 e. The molecule has 12 heteroatoms. The van der Waals surface area contributed by atoms with E-state index in [0.717, 1.165) is 57.9 Å². The topological polar surface area (TPSA) is 166 Å². The molecule has 8 atom stereocenters. The number of pyridine rings is 2. The van der Waals surface area contributed by atoms with E-state index in [1.165, 1.54) is 33.4 Å². The van der Waals surface area contributed by atoms with Crippen LogP contribution in [0.3, 0.4) is 0 Å². The molecule has 0 amide bonds. The lowest BCUT2D eigenvalue weighted by Gasteiger charge is -2.29. The van der Waals surface area contributed by atoms with Crippen LogP contribution in [0.4, 0.5) is 11.6 Å². The minimum atomic E-state index is 0.00103. The number of nitrogens with two attached hydrogens (primary N) is 2. The van der Waals surface area contributed by atoms with E-state index in [-0.39, 0.29) is 36.0 Å². The van der Waals surface area contributed by atoms with Crippen LogP contribution in [0.2, 0.25) is 0 Å². The van der Waals surface area contributed by atoms with Crippen molar-refractivity contribution in [1.82, 2.24) is 29.5 Å². The Morgan fingerprint density at radius 2 is 1.00 bits per heavy atom. The Morgan fingerprint density at radius 1 is 0.574 bits per heavy atom. The number of ether oxygens (including phenoxy) is 2. The number of nitrogen functional groups attached to an aromatic ring is 2. The van der Waals surface area contributed by atoms with Crippen molar-refractivity contribution < 1.29 is 19.1 Å². The number of nitrogens with zero attached hydrogens (tertiary/aromatic N) is 6. The SMILES string of the molecule is Cc1cc(N)nc(C)c1CCC(=O)c1ccc2c(c1)C1OC2C2C=C(Cn3cccn3)C=CC12.Cc1cc(N)nc(C)c1CCC(=O)c1ccc2c(c1)C1OC2C2C=CC(Cn3cccn3)=CC12. The van der Waals surface area contributed by atoms with Crippen molar-refractivity contribution in [2.75, 3.05) is 11.5 Å². The van der Waals surface area contributed by atoms with Crippen molar-refractivity contribution in [2.24, 2.45) is 23.7 Å². The van der Waals surface area contributed by atoms with Crippen LogP contribution >= 0.6 is 0 Å². The third kappa shape index (κ3) is 8.05. The first-order chi connectivity index (χ1) is 32.9. The molecule has 2 saturated heterocycles. The maximum absolute atomic E-state index is 13.1. The second kappa shape index (κ2) is 17.6. The van der Waals surface area contributed by atoms with Crippen LogP contribution in [-0.4, -0.2) is 41.1 Å². The number of carbonyl (C=O) groups excluding carboxylic acids is 2. The number of benzene rings is 2. The predicted octanol–water partition coefficient (Wildman–Crippen LogP) is 9.69. The lowest BCUT2D eigenvalue weighted by molar-refractivity contribution is 0.0601. The monoisotopic (exact) mass is 904 g/mol. The van der Waals surface area contributed by atoms with Crippen molar-refractivity contribution in [3.63, 3.8) is 0 Å². The Labute approximate surface area is 396 Å². The highest BCUT2D eigenvalue weighted by Crippen LogP contribution is 2.60. The number of aromatic nitrogens is 6. The largest absolute Gasteiger partial charge is 0.384 e. The number of fused-ring (bicyclic) bond motifs is 16. The Bertz CT molecular complexity index is 3050. The molecule has 12 nitrogen and oxygen atoms in total. The fourth-order valence-electron chi connectivity index (χ4n) is 11.7. The van der Waals surface area contributed by atoms with Crippen molar-refractivity contribution in [3.05, 3.63) is 200 Å². The van der Waals surface area contributed by atoms with Crippen LogP contribution in [0.15, 0.2) is 133 Å². The fourth-order valence-corrected chi connectivity index (χ4v) is 11.7. The van der Waals surface area contributed by atoms with Crippen molar-refractivity contribution in [2.45, 2.75) is 90.9 Å². The molecule has 0 radical (unpaired) electrons. The molecule has 2 aromatic carbocycles. The number of allylic oxidation sites excluding steroid dienone is 4. The summed E-state index contributed by atoms with van der Waals surface area (Å²) < 4.78 is 16.7. The highest BCUT2D eigenvalue weighted by atomic mass is 16.5. The van der Waals surface area contributed by atoms with E-state index in [9.17, 15) is 9.59 Å². The van der Waals surface area contributed by atoms with Gasteiger partial charge in [-0.05, 0) is 133 Å². The Kier molecular flexibility index (Phi) is 11.2. The van der Waals surface area contributed by atoms with Crippen LogP contribution in [0, 0.1) is 51.4 Å². The van der Waals surface area contributed by atoms with Crippen LogP contribution in [-0.2, 0) is 35.4 Å². The first kappa shape index (κ1) is 43.5. The molecule has 0 spiro atoms. The molecule has 4 bridgehead atoms. The summed E-state index contributed by atoms with van der Waals surface area (Å²) in [7, 11) is 0. The maximum atomic E-state index is 13.1. The molecule has 2 aliphatic carbocycles. The zero-order valence-electron chi connectivity index (χ0n) is 38.9. The molecular weight excluding hydrogens is 849 g/mol. The first-order valence-corrected chi connectivity index (χ1v) is 23.8. The number of ketones is 2. The molecule has 0 saturated carbocycles. The number of carbonyl (C=O) groups is 2. The lowest BCUT2D eigenvalue weighted by Crippen LogP contribution is -2.22. The molecule has 8 unspecified atom stereocenters. The van der Waals surface area contributed by atoms with Crippen molar-refractivity contribution in [3.8, 4) is 0 Å². The Morgan fingerprint density at radius 3 is 1.43 bits per heavy atom. The second-order valence-electron chi connectivity index (χ2n) is 19.3. The van der Waals surface area contributed by atoms with E-state index in [1.54, 1.807) is 12.4 Å². The lowest BCUT2D eigenvalue weighted by atomic mass is 9.72. The molecule has 6 aromatic rings. The highest BCUT2D eigenvalue weighted by molar-refractivity contribution is 5.97. The van der Waals surface area contributed by atoms with Crippen LogP contribution in [0.25, 0.3) is 0 Å². The molecular formula is C56H56N8O4. The third-order valence-electron chi connectivity index (χ3n) is 15.0. The van der Waals surface area contributed by atoms with E-state index >= 15 is 0 Å². The molecule has 6 aliphatic rings. The Hall–Kier alpha value is -7.02. The number of Topliss-reactive ketones (excluding diaryl/α,β-unsaturated/α-hetero) is 2. The average molecular weight is 905 g/mol. The molecule has 68 heavy (non-hydrogen) atoms. The summed E-state index contributed by atoms with van der Waals surface area (Å²) in [4.78, 5) is 34.9. The minimum absolute atomic E-state index is 0.00103. The minimum Gasteiger partial charge on any atom is -0.384 e. The number of rotatable bonds is 12. The second-order valence-corrected chi connectivity index (χ2v) is 19.3. The summed E-state index contributed by atoms with van der Waals surface area (Å²) in [5.74, 6) is 2.64. The molecule has 344 valence electrons. The molecule has 8 heterocycles. The van der Waals surface area contributed by atoms with Crippen LogP contribution < -0.4 is 11.5 Å². The quantitative estimate of drug-likeness (QED) is 0.113. The van der Waals surface area contributed by atoms with Gasteiger partial charge in [0.15, 0.2) is 11.6 Å². The van der Waals surface area contributed by atoms with Crippen LogP contribution in [0.5, 0.6) is 0 Å². The Balaban J connectivity index is 0.000000149. The van der Waals surface area contributed by atoms with Gasteiger partial charge in [0.25, 0.3) is 0 Å². The van der Waals surface area contributed by atoms with Crippen molar-refractivity contribution >= 4 is 23.2 Å². The van der Waals surface area contributed by atoms with E-state index < -0.39 is 0 Å². The summed E-state index contributed by atoms with van der Waals surface area (Å²) in [6, 6.07) is 19.9. The number of anilines is 2. The normalized spacial score (nSPS) is 24.1. The van der Waals surface area contributed by atoms with Gasteiger partial charge < -0.3 is 20.9 Å². The van der Waals surface area contributed by atoms with E-state index in [0.29, 0.717) is 61.0 Å². The maximum Gasteiger partial charge on any atom is 0.163 e. The van der Waals surface area contributed by atoms with Gasteiger partial charge >= 0.3 is 0 Å². The van der Waals surface area contributed by atoms with Gasteiger partial charge in [0, 0.05) is 83.8 Å². The number of hydrogen-bond donors (Lipinski definition) is 2. The van der Waals surface area contributed by atoms with Gasteiger partial charge in [-0.3, -0.25) is 19.0 Å². The summed E-state index contributed by atoms with van der Waals surface area (Å²) in [6.45, 7) is 9.49. The molecule has 4 aromatic heterocycles. The standard InChI is InChI=1S/2C28H28N4O2/c1-16-12-26(29)31-17(2)20(16)8-9-25(33)19-5-7-22-24(14-19)28-21-6-4-18(13-23(21)27(22)34-28)15-32-11-3-10-30-32;1-16-12-26(29)31-17(2)20(16)8-9-25(33)19-5-7-22-24(14-19)28-23-13-18(15-32-11-3-10-30-32)4-6-21(23)27(22)34-28/h2*3-7,10-14,21,23,27-28H,8-9,15H2,1-2H3,(H2,29,31). The summed E-state index contributed by atoms with van der Waals surface area (Å²) in [5.41, 5.74) is 26.7. The van der Waals surface area contributed by atoms with Crippen molar-refractivity contribution in [1.29, 1.82) is 0 Å². The van der Waals surface area contributed by atoms with Crippen LogP contribution in [0.1, 0.15) is 114 Å². The van der Waals surface area contributed by atoms with Gasteiger partial charge in [0.05, 0.1) is 37.5 Å². The zero-order chi connectivity index (χ0) is 46.8. The molecule has 4 N–H and O–H groups in total. The van der Waals surface area contributed by atoms with Gasteiger partial charge in [-0.15, -0.1) is 0 Å². The zero-order valence-corrected chi connectivity index (χ0v) is 38.9. The van der Waals surface area contributed by atoms with Gasteiger partial charge in [0.1, 0.15) is 11.6 Å². The molecule has 12 rings (SSSR count). The predicted molar refractivity (Wildman–Crippen MR) is 260 cm³/mol.